The van der Waals surface area contributed by atoms with Crippen molar-refractivity contribution in [2.75, 3.05) is 10.6 Å². The van der Waals surface area contributed by atoms with Gasteiger partial charge in [0, 0.05) is 23.2 Å². The lowest BCUT2D eigenvalue weighted by atomic mass is 9.90. The summed E-state index contributed by atoms with van der Waals surface area (Å²) in [5.41, 5.74) is 2.68. The summed E-state index contributed by atoms with van der Waals surface area (Å²) in [5, 5.41) is 5.63. The van der Waals surface area contributed by atoms with Crippen molar-refractivity contribution in [3.8, 4) is 0 Å². The molecule has 1 atom stereocenters. The van der Waals surface area contributed by atoms with Crippen molar-refractivity contribution in [3.63, 3.8) is 0 Å². The number of hydrogen-bond acceptors (Lipinski definition) is 3. The van der Waals surface area contributed by atoms with E-state index in [0.29, 0.717) is 17.3 Å². The molecule has 1 aromatic heterocycles. The Hall–Kier alpha value is -2.14. The Kier molecular flexibility index (Phi) is 4.48. The summed E-state index contributed by atoms with van der Waals surface area (Å²) in [5.74, 6) is 0.480. The van der Waals surface area contributed by atoms with E-state index in [-0.39, 0.29) is 11.8 Å². The van der Waals surface area contributed by atoms with E-state index in [1.165, 1.54) is 23.8 Å². The van der Waals surface area contributed by atoms with E-state index in [9.17, 15) is 9.59 Å². The number of carbonyl (C=O) groups is 2. The lowest BCUT2D eigenvalue weighted by Gasteiger charge is -2.16. The molecule has 0 spiro atoms. The number of aryl methyl sites for hydroxylation is 1. The van der Waals surface area contributed by atoms with Gasteiger partial charge in [-0.25, -0.2) is 0 Å². The number of nitrogens with one attached hydrogen (secondary N) is 2. The molecule has 120 valence electrons. The Balaban J connectivity index is 1.73. The van der Waals surface area contributed by atoms with Gasteiger partial charge in [0.05, 0.1) is 4.88 Å². The molecule has 3 rings (SSSR count). The number of amides is 2. The van der Waals surface area contributed by atoms with Gasteiger partial charge in [-0.15, -0.1) is 11.3 Å². The van der Waals surface area contributed by atoms with Crippen LogP contribution < -0.4 is 10.6 Å². The lowest BCUT2D eigenvalue weighted by Crippen LogP contribution is -2.11. The van der Waals surface area contributed by atoms with E-state index in [1.54, 1.807) is 23.5 Å². The van der Waals surface area contributed by atoms with Gasteiger partial charge in [0.1, 0.15) is 0 Å². The largest absolute Gasteiger partial charge is 0.326 e. The van der Waals surface area contributed by atoms with Gasteiger partial charge < -0.3 is 10.6 Å². The van der Waals surface area contributed by atoms with Crippen molar-refractivity contribution in [1.29, 1.82) is 0 Å². The fourth-order valence-electron chi connectivity index (χ4n) is 2.89. The van der Waals surface area contributed by atoms with Crippen LogP contribution in [0, 0.1) is 5.92 Å². The average molecular weight is 328 g/mol. The van der Waals surface area contributed by atoms with Crippen LogP contribution in [0.1, 0.15) is 40.4 Å². The molecule has 1 aromatic carbocycles. The van der Waals surface area contributed by atoms with E-state index in [1.807, 2.05) is 18.2 Å². The molecule has 23 heavy (non-hydrogen) atoms. The maximum Gasteiger partial charge on any atom is 0.265 e. The zero-order valence-corrected chi connectivity index (χ0v) is 14.1. The summed E-state index contributed by atoms with van der Waals surface area (Å²) in [6.07, 6.45) is 3.34. The van der Waals surface area contributed by atoms with Crippen LogP contribution >= 0.6 is 11.3 Å². The highest BCUT2D eigenvalue weighted by Gasteiger charge is 2.20. The van der Waals surface area contributed by atoms with Crippen LogP contribution in [0.15, 0.2) is 30.3 Å². The highest BCUT2D eigenvalue weighted by molar-refractivity contribution is 7.14. The quantitative estimate of drug-likeness (QED) is 0.892. The normalized spacial score (nSPS) is 16.5. The first kappa shape index (κ1) is 15.7. The molecule has 1 aliphatic rings. The third kappa shape index (κ3) is 3.79. The van der Waals surface area contributed by atoms with Crippen LogP contribution in [0.5, 0.6) is 0 Å². The number of thiophene rings is 1. The van der Waals surface area contributed by atoms with Gasteiger partial charge in [-0.2, -0.15) is 0 Å². The topological polar surface area (TPSA) is 58.2 Å². The summed E-state index contributed by atoms with van der Waals surface area (Å²) in [6, 6.07) is 9.21. The minimum absolute atomic E-state index is 0.0861. The van der Waals surface area contributed by atoms with Gasteiger partial charge in [0.15, 0.2) is 0 Å². The molecule has 0 saturated heterocycles. The SMILES string of the molecule is CC(=O)Nc1cccc(NC(=O)c2cc3c(s2)CC[C@H](C)C3)c1. The Labute approximate surface area is 139 Å². The van der Waals surface area contributed by atoms with E-state index in [0.717, 1.165) is 17.7 Å². The molecule has 0 radical (unpaired) electrons. The molecule has 0 unspecified atom stereocenters. The van der Waals surface area contributed by atoms with E-state index >= 15 is 0 Å². The molecular formula is C18H20N2O2S. The summed E-state index contributed by atoms with van der Waals surface area (Å²) in [6.45, 7) is 3.72. The third-order valence-electron chi connectivity index (χ3n) is 3.99. The Morgan fingerprint density at radius 1 is 1.17 bits per heavy atom. The van der Waals surface area contributed by atoms with Crippen LogP contribution in [0.4, 0.5) is 11.4 Å². The van der Waals surface area contributed by atoms with E-state index in [4.69, 9.17) is 0 Å². The van der Waals surface area contributed by atoms with Crippen LogP contribution in [0.3, 0.4) is 0 Å². The van der Waals surface area contributed by atoms with Crippen LogP contribution in [-0.4, -0.2) is 11.8 Å². The number of hydrogen-bond donors (Lipinski definition) is 2. The highest BCUT2D eigenvalue weighted by atomic mass is 32.1. The molecular weight excluding hydrogens is 308 g/mol. The van der Waals surface area contributed by atoms with Gasteiger partial charge in [-0.3, -0.25) is 9.59 Å². The first-order chi connectivity index (χ1) is 11.0. The van der Waals surface area contributed by atoms with Crippen molar-refractivity contribution in [1.82, 2.24) is 0 Å². The summed E-state index contributed by atoms with van der Waals surface area (Å²) >= 11 is 1.60. The Morgan fingerprint density at radius 3 is 2.65 bits per heavy atom. The Morgan fingerprint density at radius 2 is 1.91 bits per heavy atom. The fourth-order valence-corrected chi connectivity index (χ4v) is 3.99. The first-order valence-electron chi connectivity index (χ1n) is 7.82. The molecule has 4 nitrogen and oxygen atoms in total. The van der Waals surface area contributed by atoms with Crippen molar-refractivity contribution in [3.05, 3.63) is 45.6 Å². The van der Waals surface area contributed by atoms with Gasteiger partial charge in [0.25, 0.3) is 5.91 Å². The number of benzene rings is 1. The second-order valence-electron chi connectivity index (χ2n) is 6.12. The smallest absolute Gasteiger partial charge is 0.265 e. The monoisotopic (exact) mass is 328 g/mol. The summed E-state index contributed by atoms with van der Waals surface area (Å²) in [4.78, 5) is 25.7. The summed E-state index contributed by atoms with van der Waals surface area (Å²) in [7, 11) is 0. The molecule has 0 aliphatic heterocycles. The van der Waals surface area contributed by atoms with Crippen LogP contribution in [0.25, 0.3) is 0 Å². The Bertz CT molecular complexity index is 751. The fraction of sp³-hybridized carbons (Fsp3) is 0.333. The van der Waals surface area contributed by atoms with Crippen molar-refractivity contribution in [2.24, 2.45) is 5.92 Å². The second kappa shape index (κ2) is 6.54. The second-order valence-corrected chi connectivity index (χ2v) is 7.26. The molecule has 2 aromatic rings. The van der Waals surface area contributed by atoms with Crippen LogP contribution in [-0.2, 0) is 17.6 Å². The molecule has 2 amide bonds. The molecule has 0 saturated carbocycles. The zero-order valence-electron chi connectivity index (χ0n) is 13.3. The van der Waals surface area contributed by atoms with Crippen molar-refractivity contribution >= 4 is 34.5 Å². The van der Waals surface area contributed by atoms with E-state index < -0.39 is 0 Å². The average Bonchev–Trinajstić information content (AvgIpc) is 2.90. The minimum atomic E-state index is -0.131. The predicted octanol–water partition coefficient (Wildman–Crippen LogP) is 4.08. The zero-order chi connectivity index (χ0) is 16.4. The molecule has 0 bridgehead atoms. The molecule has 1 heterocycles. The maximum absolute atomic E-state index is 12.5. The molecule has 5 heteroatoms. The third-order valence-corrected chi connectivity index (χ3v) is 5.23. The first-order valence-corrected chi connectivity index (χ1v) is 8.63. The van der Waals surface area contributed by atoms with Gasteiger partial charge >= 0.3 is 0 Å². The number of carbonyl (C=O) groups excluding carboxylic acids is 2. The number of anilines is 2. The van der Waals surface area contributed by atoms with Crippen molar-refractivity contribution in [2.45, 2.75) is 33.1 Å². The van der Waals surface area contributed by atoms with Gasteiger partial charge in [-0.1, -0.05) is 13.0 Å². The minimum Gasteiger partial charge on any atom is -0.326 e. The van der Waals surface area contributed by atoms with E-state index in [2.05, 4.69) is 17.6 Å². The highest BCUT2D eigenvalue weighted by Crippen LogP contribution is 2.32. The van der Waals surface area contributed by atoms with Crippen molar-refractivity contribution < 1.29 is 9.59 Å². The van der Waals surface area contributed by atoms with Crippen LogP contribution in [0.2, 0.25) is 0 Å². The summed E-state index contributed by atoms with van der Waals surface area (Å²) < 4.78 is 0. The molecule has 1 aliphatic carbocycles. The predicted molar refractivity (Wildman–Crippen MR) is 94.2 cm³/mol. The molecule has 0 fully saturated rings. The molecule has 2 N–H and O–H groups in total. The van der Waals surface area contributed by atoms with Gasteiger partial charge in [0.2, 0.25) is 5.91 Å². The maximum atomic E-state index is 12.5. The number of fused-ring (bicyclic) bond motifs is 1. The van der Waals surface area contributed by atoms with Gasteiger partial charge in [-0.05, 0) is 55.0 Å². The standard InChI is InChI=1S/C18H20N2O2S/c1-11-6-7-16-13(8-11)9-17(23-16)18(22)20-15-5-3-4-14(10-15)19-12(2)21/h3-5,9-11H,6-8H2,1-2H3,(H,19,21)(H,20,22)/t11-/m0/s1. The number of rotatable bonds is 3. The lowest BCUT2D eigenvalue weighted by molar-refractivity contribution is -0.114.